The number of ether oxygens (including phenoxy) is 1. The third-order valence-electron chi connectivity index (χ3n) is 7.60. The van der Waals surface area contributed by atoms with E-state index in [1.807, 2.05) is 72.8 Å². The van der Waals surface area contributed by atoms with Crippen LogP contribution in [0.25, 0.3) is 22.1 Å². The van der Waals surface area contributed by atoms with Crippen LogP contribution in [0.2, 0.25) is 0 Å². The van der Waals surface area contributed by atoms with E-state index in [1.54, 1.807) is 30.5 Å². The summed E-state index contributed by atoms with van der Waals surface area (Å²) in [5, 5.41) is 13.8. The lowest BCUT2D eigenvalue weighted by Gasteiger charge is -2.19. The molecular weight excluding hydrogens is 516 g/mol. The number of aliphatic carboxylic acids is 1. The molecule has 1 aliphatic rings. The van der Waals surface area contributed by atoms with Crippen LogP contribution < -0.4 is 15.8 Å². The van der Waals surface area contributed by atoms with Crippen molar-refractivity contribution in [1.82, 2.24) is 5.32 Å². The zero-order chi connectivity index (χ0) is 28.3. The molecule has 5 aromatic rings. The van der Waals surface area contributed by atoms with Crippen molar-refractivity contribution in [3.05, 3.63) is 126 Å². The lowest BCUT2D eigenvalue weighted by atomic mass is 9.99. The van der Waals surface area contributed by atoms with E-state index >= 15 is 0 Å². The normalized spacial score (nSPS) is 16.7. The number of fused-ring (bicyclic) bond motifs is 1. The zero-order valence-electron chi connectivity index (χ0n) is 22.3. The second-order valence-electron chi connectivity index (χ2n) is 10.4. The van der Waals surface area contributed by atoms with Crippen LogP contribution in [0.4, 0.5) is 0 Å². The van der Waals surface area contributed by atoms with Crippen molar-refractivity contribution in [2.45, 2.75) is 31.5 Å². The van der Waals surface area contributed by atoms with E-state index in [2.05, 4.69) is 5.32 Å². The molecule has 4 N–H and O–H groups in total. The van der Waals surface area contributed by atoms with Crippen molar-refractivity contribution in [1.29, 1.82) is 0 Å². The number of para-hydroxylation sites is 1. The minimum atomic E-state index is -1.23. The van der Waals surface area contributed by atoms with E-state index in [9.17, 15) is 14.7 Å². The zero-order valence-corrected chi connectivity index (χ0v) is 22.3. The Morgan fingerprint density at radius 2 is 1.76 bits per heavy atom. The Bertz CT molecular complexity index is 1710. The number of furan rings is 1. The average Bonchev–Trinajstić information content (AvgIpc) is 3.68. The number of hydrogen-bond acceptors (Lipinski definition) is 5. The van der Waals surface area contributed by atoms with Gasteiger partial charge in [-0.1, -0.05) is 66.7 Å². The highest BCUT2D eigenvalue weighted by molar-refractivity contribution is 5.93. The standard InChI is InChI=1S/C34H30N2O5/c35-19-21-7-6-10-24(15-21)28-17-22(16-25-13-14-40-32(25)28)20-41-30-12-5-4-11-26(30)31(34(38)39)36-33(37)29-18-27(29)23-8-2-1-3-9-23/h1-17,27,29,31H,18-20,35H2,(H,36,37)(H,38,39)/t27-,29+,31-/m0/s1. The molecular formula is C34H30N2O5. The highest BCUT2D eigenvalue weighted by Crippen LogP contribution is 2.47. The Labute approximate surface area is 237 Å². The summed E-state index contributed by atoms with van der Waals surface area (Å²) in [6.45, 7) is 0.629. The molecule has 0 bridgehead atoms. The smallest absolute Gasteiger partial charge is 0.331 e. The van der Waals surface area contributed by atoms with E-state index in [1.165, 1.54) is 0 Å². The van der Waals surface area contributed by atoms with Crippen LogP contribution >= 0.6 is 0 Å². The lowest BCUT2D eigenvalue weighted by molar-refractivity contribution is -0.142. The van der Waals surface area contributed by atoms with Gasteiger partial charge in [-0.15, -0.1) is 0 Å². The number of carboxylic acid groups (broad SMARTS) is 1. The molecule has 1 saturated carbocycles. The maximum Gasteiger partial charge on any atom is 0.331 e. The molecule has 7 heteroatoms. The fourth-order valence-electron chi connectivity index (χ4n) is 5.39. The Morgan fingerprint density at radius 3 is 2.56 bits per heavy atom. The summed E-state index contributed by atoms with van der Waals surface area (Å²) in [7, 11) is 0. The van der Waals surface area contributed by atoms with Gasteiger partial charge in [0, 0.05) is 29.0 Å². The fourth-order valence-corrected chi connectivity index (χ4v) is 5.39. The molecule has 1 heterocycles. The molecule has 0 unspecified atom stereocenters. The van der Waals surface area contributed by atoms with Gasteiger partial charge < -0.3 is 25.3 Å². The molecule has 0 saturated heterocycles. The Hall–Kier alpha value is -4.88. The Kier molecular flexibility index (Phi) is 7.27. The maximum absolute atomic E-state index is 13.1. The number of amides is 1. The van der Waals surface area contributed by atoms with Crippen molar-refractivity contribution < 1.29 is 23.8 Å². The highest BCUT2D eigenvalue weighted by Gasteiger charge is 2.45. The molecule has 7 nitrogen and oxygen atoms in total. The highest BCUT2D eigenvalue weighted by atomic mass is 16.5. The molecule has 41 heavy (non-hydrogen) atoms. The van der Waals surface area contributed by atoms with Crippen molar-refractivity contribution >= 4 is 22.8 Å². The minimum absolute atomic E-state index is 0.106. The van der Waals surface area contributed by atoms with Crippen LogP contribution in [0.15, 0.2) is 108 Å². The van der Waals surface area contributed by atoms with Gasteiger partial charge in [0.1, 0.15) is 17.9 Å². The molecule has 1 aliphatic carbocycles. The molecule has 1 fully saturated rings. The van der Waals surface area contributed by atoms with Gasteiger partial charge in [0.25, 0.3) is 0 Å². The molecule has 1 aromatic heterocycles. The summed E-state index contributed by atoms with van der Waals surface area (Å²) in [5.41, 5.74) is 11.9. The van der Waals surface area contributed by atoms with Gasteiger partial charge in [0.15, 0.2) is 6.04 Å². The third-order valence-corrected chi connectivity index (χ3v) is 7.60. The first-order chi connectivity index (χ1) is 20.0. The van der Waals surface area contributed by atoms with Gasteiger partial charge in [0.2, 0.25) is 5.91 Å². The van der Waals surface area contributed by atoms with E-state index in [-0.39, 0.29) is 24.3 Å². The van der Waals surface area contributed by atoms with Crippen LogP contribution in [0.3, 0.4) is 0 Å². The van der Waals surface area contributed by atoms with Crippen molar-refractivity contribution in [2.24, 2.45) is 11.7 Å². The van der Waals surface area contributed by atoms with Gasteiger partial charge in [0.05, 0.1) is 6.26 Å². The quantitative estimate of drug-likeness (QED) is 0.193. The van der Waals surface area contributed by atoms with Crippen LogP contribution in [0.5, 0.6) is 5.75 Å². The maximum atomic E-state index is 13.1. The molecule has 3 atom stereocenters. The average molecular weight is 547 g/mol. The number of carboxylic acids is 1. The van der Waals surface area contributed by atoms with E-state index in [0.29, 0.717) is 24.3 Å². The molecule has 6 rings (SSSR count). The summed E-state index contributed by atoms with van der Waals surface area (Å²) in [6.07, 6.45) is 2.36. The SMILES string of the molecule is NCc1cccc(-c2cc(COc3ccccc3[C@H](NC(=O)[C@@H]3C[C@H]3c3ccccc3)C(=O)O)cc3ccoc23)c1. The number of nitrogens with two attached hydrogens (primary N) is 1. The van der Waals surface area contributed by atoms with E-state index < -0.39 is 12.0 Å². The van der Waals surface area contributed by atoms with Crippen LogP contribution in [0.1, 0.15) is 40.6 Å². The summed E-state index contributed by atoms with van der Waals surface area (Å²) in [5.74, 6) is -1.15. The first-order valence-corrected chi connectivity index (χ1v) is 13.6. The number of nitrogens with one attached hydrogen (secondary N) is 1. The monoisotopic (exact) mass is 546 g/mol. The van der Waals surface area contributed by atoms with Crippen LogP contribution in [0, 0.1) is 5.92 Å². The van der Waals surface area contributed by atoms with E-state index in [4.69, 9.17) is 14.9 Å². The van der Waals surface area contributed by atoms with Gasteiger partial charge in [-0.2, -0.15) is 0 Å². The van der Waals surface area contributed by atoms with Crippen molar-refractivity contribution in [3.63, 3.8) is 0 Å². The Balaban J connectivity index is 1.22. The second kappa shape index (κ2) is 11.3. The van der Waals surface area contributed by atoms with Crippen LogP contribution in [-0.2, 0) is 22.7 Å². The number of hydrogen-bond donors (Lipinski definition) is 3. The van der Waals surface area contributed by atoms with Crippen LogP contribution in [-0.4, -0.2) is 17.0 Å². The first kappa shape index (κ1) is 26.3. The summed E-state index contributed by atoms with van der Waals surface area (Å²) >= 11 is 0. The van der Waals surface area contributed by atoms with Crippen molar-refractivity contribution in [2.75, 3.05) is 0 Å². The molecule has 0 radical (unpaired) electrons. The predicted octanol–water partition coefficient (Wildman–Crippen LogP) is 6.18. The molecule has 0 spiro atoms. The number of carbonyl (C=O) groups excluding carboxylic acids is 1. The first-order valence-electron chi connectivity index (χ1n) is 13.6. The largest absolute Gasteiger partial charge is 0.489 e. The summed E-state index contributed by atoms with van der Waals surface area (Å²) in [6, 6.07) is 29.4. The Morgan fingerprint density at radius 1 is 0.951 bits per heavy atom. The number of benzene rings is 4. The second-order valence-corrected chi connectivity index (χ2v) is 10.4. The third kappa shape index (κ3) is 5.58. The fraction of sp³-hybridized carbons (Fsp3) is 0.176. The lowest BCUT2D eigenvalue weighted by Crippen LogP contribution is -2.35. The number of carbonyl (C=O) groups is 2. The minimum Gasteiger partial charge on any atom is -0.489 e. The molecule has 206 valence electrons. The van der Waals surface area contributed by atoms with Gasteiger partial charge >= 0.3 is 5.97 Å². The molecule has 1 amide bonds. The summed E-state index contributed by atoms with van der Waals surface area (Å²) < 4.78 is 12.0. The van der Waals surface area contributed by atoms with Gasteiger partial charge in [-0.25, -0.2) is 4.79 Å². The van der Waals surface area contributed by atoms with Crippen molar-refractivity contribution in [3.8, 4) is 16.9 Å². The molecule has 4 aromatic carbocycles. The topological polar surface area (TPSA) is 115 Å². The summed E-state index contributed by atoms with van der Waals surface area (Å²) in [4.78, 5) is 25.4. The van der Waals surface area contributed by atoms with Gasteiger partial charge in [-0.05, 0) is 64.9 Å². The van der Waals surface area contributed by atoms with Gasteiger partial charge in [-0.3, -0.25) is 4.79 Å². The molecule has 0 aliphatic heterocycles. The van der Waals surface area contributed by atoms with E-state index in [0.717, 1.165) is 38.8 Å². The predicted molar refractivity (Wildman–Crippen MR) is 156 cm³/mol. The number of rotatable bonds is 10.